The molecule has 1 aromatic heterocycles. The molecule has 0 radical (unpaired) electrons. The number of benzene rings is 1. The maximum atomic E-state index is 4.51. The lowest BCUT2D eigenvalue weighted by molar-refractivity contribution is 0.190. The smallest absolute Gasteiger partial charge is 0.0398 e. The van der Waals surface area contributed by atoms with Gasteiger partial charge in [0.1, 0.15) is 0 Å². The largest absolute Gasteiger partial charge is 0.310 e. The van der Waals surface area contributed by atoms with Crippen LogP contribution in [0.4, 0.5) is 0 Å². The zero-order chi connectivity index (χ0) is 14.7. The predicted octanol–water partition coefficient (Wildman–Crippen LogP) is 4.86. The van der Waals surface area contributed by atoms with Gasteiger partial charge >= 0.3 is 0 Å². The molecule has 1 atom stereocenters. The molecule has 1 aliphatic rings. The third-order valence-electron chi connectivity index (χ3n) is 5.33. The van der Waals surface area contributed by atoms with Crippen molar-refractivity contribution in [1.29, 1.82) is 0 Å². The van der Waals surface area contributed by atoms with E-state index in [0.29, 0.717) is 11.5 Å². The summed E-state index contributed by atoms with van der Waals surface area (Å²) in [5, 5.41) is 6.40. The van der Waals surface area contributed by atoms with E-state index in [1.54, 1.807) is 0 Å². The number of nitrogens with one attached hydrogen (secondary N) is 1. The Kier molecular flexibility index (Phi) is 4.25. The molecule has 3 rings (SSSR count). The average molecular weight is 282 g/mol. The van der Waals surface area contributed by atoms with Gasteiger partial charge in [0.2, 0.25) is 0 Å². The van der Waals surface area contributed by atoms with E-state index in [0.717, 1.165) is 6.54 Å². The molecular weight excluding hydrogens is 256 g/mol. The maximum absolute atomic E-state index is 4.51. The second kappa shape index (κ2) is 6.15. The first-order chi connectivity index (χ1) is 10.3. The van der Waals surface area contributed by atoms with Crippen molar-refractivity contribution < 1.29 is 0 Å². The summed E-state index contributed by atoms with van der Waals surface area (Å²) in [5.41, 5.74) is 1.79. The molecule has 2 heteroatoms. The number of aromatic nitrogens is 1. The summed E-state index contributed by atoms with van der Waals surface area (Å²) in [5.74, 6) is 0. The molecule has 0 spiro atoms. The normalized spacial score (nSPS) is 19.0. The van der Waals surface area contributed by atoms with Gasteiger partial charge in [0, 0.05) is 23.8 Å². The molecule has 0 bridgehead atoms. The second-order valence-corrected chi connectivity index (χ2v) is 6.36. The fourth-order valence-corrected chi connectivity index (χ4v) is 4.16. The molecular formula is C19H26N2. The van der Waals surface area contributed by atoms with Crippen LogP contribution in [-0.4, -0.2) is 11.5 Å². The Morgan fingerprint density at radius 3 is 2.62 bits per heavy atom. The molecule has 21 heavy (non-hydrogen) atoms. The SMILES string of the molecule is CCNC(c1cncc2ccccc12)C1(CC)CCCC1. The number of hydrogen-bond donors (Lipinski definition) is 1. The summed E-state index contributed by atoms with van der Waals surface area (Å²) in [4.78, 5) is 4.51. The van der Waals surface area contributed by atoms with E-state index in [4.69, 9.17) is 0 Å². The van der Waals surface area contributed by atoms with Crippen LogP contribution in [0.1, 0.15) is 57.6 Å². The van der Waals surface area contributed by atoms with Crippen molar-refractivity contribution in [2.45, 2.75) is 52.0 Å². The number of pyridine rings is 1. The van der Waals surface area contributed by atoms with Crippen LogP contribution >= 0.6 is 0 Å². The summed E-state index contributed by atoms with van der Waals surface area (Å²) < 4.78 is 0. The van der Waals surface area contributed by atoms with Gasteiger partial charge in [-0.3, -0.25) is 4.98 Å². The van der Waals surface area contributed by atoms with Crippen LogP contribution in [0, 0.1) is 5.41 Å². The third kappa shape index (κ3) is 2.57. The van der Waals surface area contributed by atoms with E-state index in [9.17, 15) is 0 Å². The van der Waals surface area contributed by atoms with Gasteiger partial charge in [-0.05, 0) is 42.2 Å². The van der Waals surface area contributed by atoms with Crippen molar-refractivity contribution in [3.8, 4) is 0 Å². The Bertz CT molecular complexity index is 594. The molecule has 0 aliphatic heterocycles. The Morgan fingerprint density at radius 1 is 1.14 bits per heavy atom. The van der Waals surface area contributed by atoms with Gasteiger partial charge in [-0.25, -0.2) is 0 Å². The van der Waals surface area contributed by atoms with Gasteiger partial charge in [0.15, 0.2) is 0 Å². The second-order valence-electron chi connectivity index (χ2n) is 6.36. The van der Waals surface area contributed by atoms with Crippen molar-refractivity contribution in [3.63, 3.8) is 0 Å². The molecule has 112 valence electrons. The van der Waals surface area contributed by atoms with Crippen LogP contribution in [0.15, 0.2) is 36.7 Å². The van der Waals surface area contributed by atoms with Crippen molar-refractivity contribution in [2.24, 2.45) is 5.41 Å². The van der Waals surface area contributed by atoms with Gasteiger partial charge in [-0.1, -0.05) is 51.0 Å². The number of rotatable bonds is 5. The minimum absolute atomic E-state index is 0.405. The highest BCUT2D eigenvalue weighted by Gasteiger charge is 2.40. The van der Waals surface area contributed by atoms with Crippen LogP contribution in [0.2, 0.25) is 0 Å². The molecule has 1 unspecified atom stereocenters. The van der Waals surface area contributed by atoms with Crippen LogP contribution in [0.5, 0.6) is 0 Å². The summed E-state index contributed by atoms with van der Waals surface area (Å²) in [6, 6.07) is 9.08. The van der Waals surface area contributed by atoms with Gasteiger partial charge in [-0.15, -0.1) is 0 Å². The quantitative estimate of drug-likeness (QED) is 0.847. The molecule has 0 amide bonds. The molecule has 1 saturated carbocycles. The lowest BCUT2D eigenvalue weighted by Crippen LogP contribution is -2.36. The van der Waals surface area contributed by atoms with Crippen molar-refractivity contribution in [1.82, 2.24) is 10.3 Å². The van der Waals surface area contributed by atoms with Gasteiger partial charge < -0.3 is 5.32 Å². The fraction of sp³-hybridized carbons (Fsp3) is 0.526. The summed E-state index contributed by atoms with van der Waals surface area (Å²) in [7, 11) is 0. The van der Waals surface area contributed by atoms with Crippen LogP contribution in [-0.2, 0) is 0 Å². The summed E-state index contributed by atoms with van der Waals surface area (Å²) in [6.45, 7) is 5.58. The Hall–Kier alpha value is -1.41. The van der Waals surface area contributed by atoms with Gasteiger partial charge in [0.25, 0.3) is 0 Å². The molecule has 1 aromatic carbocycles. The van der Waals surface area contributed by atoms with Crippen molar-refractivity contribution >= 4 is 10.8 Å². The van der Waals surface area contributed by atoms with E-state index >= 15 is 0 Å². The number of hydrogen-bond acceptors (Lipinski definition) is 2. The first kappa shape index (κ1) is 14.5. The van der Waals surface area contributed by atoms with Gasteiger partial charge in [0.05, 0.1) is 0 Å². The van der Waals surface area contributed by atoms with Crippen LogP contribution in [0.25, 0.3) is 10.8 Å². The Labute approximate surface area is 128 Å². The Morgan fingerprint density at radius 2 is 1.90 bits per heavy atom. The highest BCUT2D eigenvalue weighted by Crippen LogP contribution is 2.50. The molecule has 1 aliphatic carbocycles. The zero-order valence-corrected chi connectivity index (χ0v) is 13.2. The number of nitrogens with zero attached hydrogens (tertiary/aromatic N) is 1. The first-order valence-electron chi connectivity index (χ1n) is 8.37. The van der Waals surface area contributed by atoms with E-state index in [1.165, 1.54) is 48.4 Å². The zero-order valence-electron chi connectivity index (χ0n) is 13.2. The molecule has 2 nitrogen and oxygen atoms in total. The molecule has 1 heterocycles. The monoisotopic (exact) mass is 282 g/mol. The average Bonchev–Trinajstić information content (AvgIpc) is 3.02. The van der Waals surface area contributed by atoms with E-state index in [-0.39, 0.29) is 0 Å². The summed E-state index contributed by atoms with van der Waals surface area (Å²) in [6.07, 6.45) is 10.7. The highest BCUT2D eigenvalue weighted by molar-refractivity contribution is 5.85. The fourth-order valence-electron chi connectivity index (χ4n) is 4.16. The Balaban J connectivity index is 2.11. The molecule has 1 N–H and O–H groups in total. The molecule has 1 fully saturated rings. The van der Waals surface area contributed by atoms with E-state index < -0.39 is 0 Å². The van der Waals surface area contributed by atoms with Crippen molar-refractivity contribution in [2.75, 3.05) is 6.54 Å². The van der Waals surface area contributed by atoms with E-state index in [1.807, 2.05) is 6.20 Å². The minimum Gasteiger partial charge on any atom is -0.310 e. The van der Waals surface area contributed by atoms with Gasteiger partial charge in [-0.2, -0.15) is 0 Å². The molecule has 2 aromatic rings. The predicted molar refractivity (Wildman–Crippen MR) is 89.4 cm³/mol. The topological polar surface area (TPSA) is 24.9 Å². The highest BCUT2D eigenvalue weighted by atomic mass is 14.9. The standard InChI is InChI=1S/C19H26N2/c1-3-19(11-7-8-12-19)18(21-4-2)17-14-20-13-15-9-5-6-10-16(15)17/h5-6,9-10,13-14,18,21H,3-4,7-8,11-12H2,1-2H3. The number of fused-ring (bicyclic) bond motifs is 1. The maximum Gasteiger partial charge on any atom is 0.0398 e. The van der Waals surface area contributed by atoms with E-state index in [2.05, 4.69) is 54.6 Å². The first-order valence-corrected chi connectivity index (χ1v) is 8.37. The minimum atomic E-state index is 0.405. The third-order valence-corrected chi connectivity index (χ3v) is 5.33. The lowest BCUT2D eigenvalue weighted by atomic mass is 9.73. The molecule has 0 saturated heterocycles. The lowest BCUT2D eigenvalue weighted by Gasteiger charge is -2.38. The van der Waals surface area contributed by atoms with Crippen LogP contribution in [0.3, 0.4) is 0 Å². The van der Waals surface area contributed by atoms with Crippen LogP contribution < -0.4 is 5.32 Å². The summed E-state index contributed by atoms with van der Waals surface area (Å²) >= 11 is 0. The van der Waals surface area contributed by atoms with Crippen molar-refractivity contribution in [3.05, 3.63) is 42.2 Å².